The summed E-state index contributed by atoms with van der Waals surface area (Å²) in [5, 5.41) is 0. The first-order chi connectivity index (χ1) is 17.8. The lowest BCUT2D eigenvalue weighted by Gasteiger charge is -2.32. The van der Waals surface area contributed by atoms with Gasteiger partial charge in [-0.1, -0.05) is 73.5 Å². The number of rotatable bonds is 13. The van der Waals surface area contributed by atoms with E-state index in [0.717, 1.165) is 36.8 Å². The van der Waals surface area contributed by atoms with Gasteiger partial charge in [0, 0.05) is 11.7 Å². The summed E-state index contributed by atoms with van der Waals surface area (Å²) in [6.07, 6.45) is 3.55. The van der Waals surface area contributed by atoms with Crippen molar-refractivity contribution in [1.29, 1.82) is 0 Å². The summed E-state index contributed by atoms with van der Waals surface area (Å²) >= 11 is 5.94. The molecule has 0 N–H and O–H groups in total. The number of unbranched alkanes of at least 4 members (excludes halogenated alkanes) is 2. The van der Waals surface area contributed by atoms with Crippen molar-refractivity contribution in [1.82, 2.24) is 0 Å². The van der Waals surface area contributed by atoms with Gasteiger partial charge in [-0.25, -0.2) is 0 Å². The van der Waals surface area contributed by atoms with E-state index in [0.29, 0.717) is 25.7 Å². The molecule has 0 aromatic heterocycles. The third kappa shape index (κ3) is 7.38. The third-order valence-electron chi connectivity index (χ3n) is 7.91. The van der Waals surface area contributed by atoms with Gasteiger partial charge >= 0.3 is 7.12 Å². The Hall–Kier alpha value is -1.41. The zero-order valence-corrected chi connectivity index (χ0v) is 23.5. The molecule has 0 spiro atoms. The summed E-state index contributed by atoms with van der Waals surface area (Å²) in [7, 11) is -0.414. The Kier molecular flexibility index (Phi) is 10.1. The number of alkyl halides is 1. The Bertz CT molecular complexity index is 926. The van der Waals surface area contributed by atoms with Gasteiger partial charge in [-0.05, 0) is 51.7 Å². The molecule has 4 rings (SSSR count). The van der Waals surface area contributed by atoms with Gasteiger partial charge < -0.3 is 23.5 Å². The molecular weight excluding hydrogens is 487 g/mol. The van der Waals surface area contributed by atoms with Crippen molar-refractivity contribution in [2.75, 3.05) is 12.5 Å². The molecule has 202 valence electrons. The van der Waals surface area contributed by atoms with Crippen LogP contribution in [0.5, 0.6) is 0 Å². The molecule has 37 heavy (non-hydrogen) atoms. The molecule has 2 aliphatic heterocycles. The van der Waals surface area contributed by atoms with Crippen LogP contribution in [-0.4, -0.2) is 49.1 Å². The van der Waals surface area contributed by atoms with E-state index in [4.69, 9.17) is 35.1 Å². The smallest absolute Gasteiger partial charge is 0.403 e. The van der Waals surface area contributed by atoms with E-state index in [1.807, 2.05) is 36.4 Å². The summed E-state index contributed by atoms with van der Waals surface area (Å²) in [5.74, 6) is 0.622. The Labute approximate surface area is 228 Å². The van der Waals surface area contributed by atoms with Gasteiger partial charge in [-0.3, -0.25) is 0 Å². The maximum absolute atomic E-state index is 6.70. The topological polar surface area (TPSA) is 46.2 Å². The molecule has 2 aromatic carbocycles. The van der Waals surface area contributed by atoms with Gasteiger partial charge in [0.1, 0.15) is 6.10 Å². The van der Waals surface area contributed by atoms with Gasteiger partial charge in [-0.15, -0.1) is 11.6 Å². The Morgan fingerprint density at radius 1 is 0.784 bits per heavy atom. The summed E-state index contributed by atoms with van der Waals surface area (Å²) in [4.78, 5) is 0. The van der Waals surface area contributed by atoms with Crippen LogP contribution in [0.1, 0.15) is 64.5 Å². The zero-order chi connectivity index (χ0) is 26.3. The molecule has 0 bridgehead atoms. The van der Waals surface area contributed by atoms with Crippen molar-refractivity contribution in [3.63, 3.8) is 0 Å². The van der Waals surface area contributed by atoms with Crippen molar-refractivity contribution in [2.24, 2.45) is 0 Å². The maximum atomic E-state index is 6.70. The third-order valence-corrected chi connectivity index (χ3v) is 8.18. The minimum Gasteiger partial charge on any atom is -0.403 e. The fraction of sp³-hybridized carbons (Fsp3) is 0.600. The van der Waals surface area contributed by atoms with Crippen LogP contribution in [0.25, 0.3) is 0 Å². The van der Waals surface area contributed by atoms with E-state index >= 15 is 0 Å². The van der Waals surface area contributed by atoms with Crippen LogP contribution >= 0.6 is 11.6 Å². The molecule has 0 radical (unpaired) electrons. The summed E-state index contributed by atoms with van der Waals surface area (Å²) in [5.41, 5.74) is 1.42. The normalized spacial score (nSPS) is 26.6. The number of ether oxygens (including phenoxy) is 3. The van der Waals surface area contributed by atoms with E-state index in [-0.39, 0.29) is 24.1 Å². The lowest BCUT2D eigenvalue weighted by atomic mass is 9.65. The molecule has 2 aromatic rings. The van der Waals surface area contributed by atoms with E-state index in [1.54, 1.807) is 0 Å². The van der Waals surface area contributed by atoms with E-state index in [9.17, 15) is 0 Å². The van der Waals surface area contributed by atoms with Crippen molar-refractivity contribution >= 4 is 18.7 Å². The molecule has 0 saturated carbocycles. The van der Waals surface area contributed by atoms with Crippen LogP contribution in [0.15, 0.2) is 60.7 Å². The van der Waals surface area contributed by atoms with E-state index < -0.39 is 18.3 Å². The Morgan fingerprint density at radius 2 is 1.38 bits per heavy atom. The monoisotopic (exact) mass is 528 g/mol. The maximum Gasteiger partial charge on any atom is 0.466 e. The molecule has 0 amide bonds. The first-order valence-electron chi connectivity index (χ1n) is 13.6. The van der Waals surface area contributed by atoms with Gasteiger partial charge in [0.25, 0.3) is 0 Å². The average molecular weight is 529 g/mol. The Balaban J connectivity index is 1.53. The molecule has 2 fully saturated rings. The second kappa shape index (κ2) is 13.1. The van der Waals surface area contributed by atoms with Crippen molar-refractivity contribution in [2.45, 2.75) is 102 Å². The van der Waals surface area contributed by atoms with Gasteiger partial charge in [0.2, 0.25) is 0 Å². The molecule has 0 aliphatic carbocycles. The lowest BCUT2D eigenvalue weighted by molar-refractivity contribution is -0.0721. The van der Waals surface area contributed by atoms with Crippen LogP contribution in [0.2, 0.25) is 5.82 Å². The lowest BCUT2D eigenvalue weighted by Crippen LogP contribution is -2.41. The highest BCUT2D eigenvalue weighted by Crippen LogP contribution is 2.47. The second-order valence-corrected chi connectivity index (χ2v) is 11.6. The minimum atomic E-state index is -0.424. The molecule has 2 saturated heterocycles. The van der Waals surface area contributed by atoms with Crippen LogP contribution in [-0.2, 0) is 36.7 Å². The Morgan fingerprint density at radius 3 is 1.97 bits per heavy atom. The highest BCUT2D eigenvalue weighted by atomic mass is 35.5. The second-order valence-electron chi connectivity index (χ2n) is 11.2. The van der Waals surface area contributed by atoms with Crippen molar-refractivity contribution < 1.29 is 23.5 Å². The molecule has 0 unspecified atom stereocenters. The van der Waals surface area contributed by atoms with Crippen molar-refractivity contribution in [3.8, 4) is 0 Å². The van der Waals surface area contributed by atoms with Gasteiger partial charge in [0.15, 0.2) is 0 Å². The fourth-order valence-electron chi connectivity index (χ4n) is 5.09. The van der Waals surface area contributed by atoms with Crippen LogP contribution in [0.4, 0.5) is 0 Å². The molecule has 2 aliphatic rings. The predicted octanol–water partition coefficient (Wildman–Crippen LogP) is 6.82. The quantitative estimate of drug-likeness (QED) is 0.162. The summed E-state index contributed by atoms with van der Waals surface area (Å²) < 4.78 is 32.6. The van der Waals surface area contributed by atoms with Crippen LogP contribution in [0, 0.1) is 0 Å². The molecule has 2 heterocycles. The van der Waals surface area contributed by atoms with Crippen LogP contribution < -0.4 is 0 Å². The van der Waals surface area contributed by atoms with Crippen LogP contribution in [0.3, 0.4) is 0 Å². The molecule has 5 nitrogen and oxygen atoms in total. The SMILES string of the molecule is CC1(C)OB([C@H]2[C@H](OCc3ccccc3)[C@@H](COCc3ccccc3)O[C@H]2CCCCCCl)OC1(C)C. The fourth-order valence-corrected chi connectivity index (χ4v) is 5.28. The summed E-state index contributed by atoms with van der Waals surface area (Å²) in [6, 6.07) is 20.5. The number of halogens is 1. The first kappa shape index (κ1) is 28.6. The number of benzene rings is 2. The van der Waals surface area contributed by atoms with E-state index in [2.05, 4.69) is 52.0 Å². The van der Waals surface area contributed by atoms with Gasteiger partial charge in [-0.2, -0.15) is 0 Å². The largest absolute Gasteiger partial charge is 0.466 e. The molecular formula is C30H42BClO5. The van der Waals surface area contributed by atoms with E-state index in [1.165, 1.54) is 0 Å². The highest BCUT2D eigenvalue weighted by molar-refractivity contribution is 6.48. The average Bonchev–Trinajstić information content (AvgIpc) is 3.33. The first-order valence-corrected chi connectivity index (χ1v) is 14.2. The predicted molar refractivity (Wildman–Crippen MR) is 149 cm³/mol. The summed E-state index contributed by atoms with van der Waals surface area (Å²) in [6.45, 7) is 9.86. The van der Waals surface area contributed by atoms with Crippen molar-refractivity contribution in [3.05, 3.63) is 71.8 Å². The molecule has 7 heteroatoms. The zero-order valence-electron chi connectivity index (χ0n) is 22.7. The number of hydrogen-bond acceptors (Lipinski definition) is 5. The number of hydrogen-bond donors (Lipinski definition) is 0. The molecule has 4 atom stereocenters. The highest BCUT2D eigenvalue weighted by Gasteiger charge is 2.60. The van der Waals surface area contributed by atoms with Gasteiger partial charge in [0.05, 0.1) is 43.2 Å². The standard InChI is InChI=1S/C30H42BClO5/c1-29(2)30(3,4)37-31(36-29)27-25(18-12-7-13-19-32)35-26(22-33-20-23-14-8-5-9-15-23)28(27)34-21-24-16-10-6-11-17-24/h5-6,8-11,14-17,25-28H,7,12-13,18-22H2,1-4H3/t25-,26+,27+,28+/m0/s1. The minimum absolute atomic E-state index is 0.0453.